The summed E-state index contributed by atoms with van der Waals surface area (Å²) in [5.74, 6) is 0.484. The molecule has 0 amide bonds. The van der Waals surface area contributed by atoms with E-state index in [-0.39, 0.29) is 5.97 Å². The van der Waals surface area contributed by atoms with Crippen LogP contribution >= 0.6 is 0 Å². The summed E-state index contributed by atoms with van der Waals surface area (Å²) in [6, 6.07) is 6.99. The zero-order valence-corrected chi connectivity index (χ0v) is 13.8. The summed E-state index contributed by atoms with van der Waals surface area (Å²) in [7, 11) is 1.60. The van der Waals surface area contributed by atoms with Crippen molar-refractivity contribution in [2.45, 2.75) is 52.9 Å². The van der Waals surface area contributed by atoms with Crippen LogP contribution in [0, 0.1) is 5.41 Å². The van der Waals surface area contributed by atoms with Gasteiger partial charge in [-0.1, -0.05) is 40.0 Å². The number of hydrogen-bond acceptors (Lipinski definition) is 3. The smallest absolute Gasteiger partial charge is 0.338 e. The molecular formula is C18H28O3. The highest BCUT2D eigenvalue weighted by Gasteiger charge is 2.09. The van der Waals surface area contributed by atoms with Crippen molar-refractivity contribution in [3.8, 4) is 5.75 Å². The van der Waals surface area contributed by atoms with Crippen LogP contribution in [0.2, 0.25) is 0 Å². The summed E-state index contributed by atoms with van der Waals surface area (Å²) in [4.78, 5) is 11.8. The summed E-state index contributed by atoms with van der Waals surface area (Å²) < 4.78 is 10.3. The Hall–Kier alpha value is -1.51. The minimum Gasteiger partial charge on any atom is -0.497 e. The van der Waals surface area contributed by atoms with E-state index in [1.165, 1.54) is 19.3 Å². The van der Waals surface area contributed by atoms with Crippen molar-refractivity contribution in [3.05, 3.63) is 29.8 Å². The van der Waals surface area contributed by atoms with Crippen LogP contribution in [0.3, 0.4) is 0 Å². The molecule has 1 aromatic carbocycles. The van der Waals surface area contributed by atoms with E-state index in [0.717, 1.165) is 18.6 Å². The average Bonchev–Trinajstić information content (AvgIpc) is 2.45. The Morgan fingerprint density at radius 1 is 1.00 bits per heavy atom. The third-order valence-electron chi connectivity index (χ3n) is 3.38. The van der Waals surface area contributed by atoms with E-state index in [1.807, 2.05) is 0 Å². The first-order valence-electron chi connectivity index (χ1n) is 7.73. The topological polar surface area (TPSA) is 35.5 Å². The van der Waals surface area contributed by atoms with Crippen LogP contribution in [-0.4, -0.2) is 19.7 Å². The Morgan fingerprint density at radius 2 is 1.62 bits per heavy atom. The lowest BCUT2D eigenvalue weighted by Gasteiger charge is -2.17. The third-order valence-corrected chi connectivity index (χ3v) is 3.38. The quantitative estimate of drug-likeness (QED) is 0.507. The molecule has 0 aliphatic heterocycles. The molecule has 0 aliphatic rings. The molecule has 0 saturated heterocycles. The first-order chi connectivity index (χ1) is 9.92. The minimum absolute atomic E-state index is 0.257. The SMILES string of the molecule is COc1ccc(C(=O)OCCCCCCC(C)(C)C)cc1. The fourth-order valence-corrected chi connectivity index (χ4v) is 2.09. The summed E-state index contributed by atoms with van der Waals surface area (Å²) in [5.41, 5.74) is 0.990. The Balaban J connectivity index is 2.13. The fraction of sp³-hybridized carbons (Fsp3) is 0.611. The predicted octanol–water partition coefficient (Wildman–Crippen LogP) is 4.85. The number of hydrogen-bond donors (Lipinski definition) is 0. The van der Waals surface area contributed by atoms with Crippen LogP contribution in [0.15, 0.2) is 24.3 Å². The van der Waals surface area contributed by atoms with Crippen molar-refractivity contribution in [2.24, 2.45) is 5.41 Å². The lowest BCUT2D eigenvalue weighted by molar-refractivity contribution is 0.0497. The van der Waals surface area contributed by atoms with Crippen molar-refractivity contribution in [3.63, 3.8) is 0 Å². The number of methoxy groups -OCH3 is 1. The van der Waals surface area contributed by atoms with Gasteiger partial charge in [0.15, 0.2) is 0 Å². The maximum Gasteiger partial charge on any atom is 0.338 e. The lowest BCUT2D eigenvalue weighted by atomic mass is 9.89. The van der Waals surface area contributed by atoms with Gasteiger partial charge in [0.1, 0.15) is 5.75 Å². The highest BCUT2D eigenvalue weighted by molar-refractivity contribution is 5.89. The number of ether oxygens (including phenoxy) is 2. The molecule has 3 heteroatoms. The van der Waals surface area contributed by atoms with Gasteiger partial charge in [0, 0.05) is 0 Å². The monoisotopic (exact) mass is 292 g/mol. The van der Waals surface area contributed by atoms with Crippen molar-refractivity contribution in [1.82, 2.24) is 0 Å². The summed E-state index contributed by atoms with van der Waals surface area (Å²) in [6.07, 6.45) is 5.75. The first-order valence-corrected chi connectivity index (χ1v) is 7.73. The minimum atomic E-state index is -0.257. The van der Waals surface area contributed by atoms with E-state index in [9.17, 15) is 4.79 Å². The molecule has 0 heterocycles. The number of carbonyl (C=O) groups is 1. The van der Waals surface area contributed by atoms with Crippen LogP contribution in [0.4, 0.5) is 0 Å². The summed E-state index contributed by atoms with van der Waals surface area (Å²) in [5, 5.41) is 0. The molecule has 0 radical (unpaired) electrons. The molecular weight excluding hydrogens is 264 g/mol. The van der Waals surface area contributed by atoms with Gasteiger partial charge in [-0.2, -0.15) is 0 Å². The number of esters is 1. The van der Waals surface area contributed by atoms with E-state index in [2.05, 4.69) is 20.8 Å². The number of benzene rings is 1. The van der Waals surface area contributed by atoms with Gasteiger partial charge in [0.2, 0.25) is 0 Å². The van der Waals surface area contributed by atoms with Gasteiger partial charge in [-0.15, -0.1) is 0 Å². The second kappa shape index (κ2) is 8.71. The molecule has 118 valence electrons. The van der Waals surface area contributed by atoms with Crippen molar-refractivity contribution >= 4 is 5.97 Å². The van der Waals surface area contributed by atoms with Crippen molar-refractivity contribution < 1.29 is 14.3 Å². The zero-order chi connectivity index (χ0) is 15.7. The molecule has 0 unspecified atom stereocenters. The molecule has 0 fully saturated rings. The van der Waals surface area contributed by atoms with Gasteiger partial charge in [-0.05, 0) is 42.5 Å². The molecule has 0 saturated carbocycles. The largest absolute Gasteiger partial charge is 0.497 e. The molecule has 0 bridgehead atoms. The van der Waals surface area contributed by atoms with E-state index < -0.39 is 0 Å². The normalized spacial score (nSPS) is 11.2. The molecule has 1 aromatic rings. The summed E-state index contributed by atoms with van der Waals surface area (Å²) in [6.45, 7) is 7.30. The highest BCUT2D eigenvalue weighted by Crippen LogP contribution is 2.22. The van der Waals surface area contributed by atoms with Gasteiger partial charge in [-0.3, -0.25) is 0 Å². The average molecular weight is 292 g/mol. The lowest BCUT2D eigenvalue weighted by Crippen LogP contribution is -2.07. The zero-order valence-electron chi connectivity index (χ0n) is 13.8. The standard InChI is InChI=1S/C18H28O3/c1-18(2,3)13-7-5-6-8-14-21-17(19)15-9-11-16(20-4)12-10-15/h9-12H,5-8,13-14H2,1-4H3. The van der Waals surface area contributed by atoms with E-state index in [1.54, 1.807) is 31.4 Å². The Kier molecular flexibility index (Phi) is 7.27. The number of rotatable bonds is 8. The molecule has 0 spiro atoms. The molecule has 3 nitrogen and oxygen atoms in total. The van der Waals surface area contributed by atoms with Crippen molar-refractivity contribution in [1.29, 1.82) is 0 Å². The Labute approximate surface area is 128 Å². The molecule has 0 N–H and O–H groups in total. The predicted molar refractivity (Wildman–Crippen MR) is 85.8 cm³/mol. The maximum atomic E-state index is 11.8. The second-order valence-electron chi connectivity index (χ2n) is 6.59. The van der Waals surface area contributed by atoms with Crippen LogP contribution in [0.25, 0.3) is 0 Å². The van der Waals surface area contributed by atoms with Crippen molar-refractivity contribution in [2.75, 3.05) is 13.7 Å². The van der Waals surface area contributed by atoms with Gasteiger partial charge in [-0.25, -0.2) is 4.79 Å². The van der Waals surface area contributed by atoms with Crippen LogP contribution in [-0.2, 0) is 4.74 Å². The number of carbonyl (C=O) groups excluding carboxylic acids is 1. The van der Waals surface area contributed by atoms with E-state index >= 15 is 0 Å². The molecule has 0 atom stereocenters. The van der Waals surface area contributed by atoms with Crippen LogP contribution < -0.4 is 4.74 Å². The highest BCUT2D eigenvalue weighted by atomic mass is 16.5. The fourth-order valence-electron chi connectivity index (χ4n) is 2.09. The Bertz CT molecular complexity index is 415. The van der Waals surface area contributed by atoms with Gasteiger partial charge < -0.3 is 9.47 Å². The first kappa shape index (κ1) is 17.5. The third kappa shape index (κ3) is 7.74. The molecule has 1 rings (SSSR count). The van der Waals surface area contributed by atoms with Gasteiger partial charge in [0.25, 0.3) is 0 Å². The molecule has 0 aliphatic carbocycles. The molecule has 0 aromatic heterocycles. The van der Waals surface area contributed by atoms with Gasteiger partial charge in [0.05, 0.1) is 19.3 Å². The van der Waals surface area contributed by atoms with Gasteiger partial charge >= 0.3 is 5.97 Å². The maximum absolute atomic E-state index is 11.8. The number of unbranched alkanes of at least 4 members (excludes halogenated alkanes) is 3. The van der Waals surface area contributed by atoms with Crippen LogP contribution in [0.5, 0.6) is 5.75 Å². The Morgan fingerprint density at radius 3 is 2.19 bits per heavy atom. The van der Waals surface area contributed by atoms with E-state index in [0.29, 0.717) is 17.6 Å². The van der Waals surface area contributed by atoms with Crippen LogP contribution in [0.1, 0.15) is 63.2 Å². The summed E-state index contributed by atoms with van der Waals surface area (Å²) >= 11 is 0. The second-order valence-corrected chi connectivity index (χ2v) is 6.59. The van der Waals surface area contributed by atoms with E-state index in [4.69, 9.17) is 9.47 Å². The molecule has 21 heavy (non-hydrogen) atoms.